The van der Waals surface area contributed by atoms with Crippen LogP contribution in [0.2, 0.25) is 0 Å². The van der Waals surface area contributed by atoms with Crippen LogP contribution in [0, 0.1) is 5.92 Å². The standard InChI is InChI=1S/C15H18O2/c1-10(2)9-13-15(17-13)8-7-11-5-3-4-6-12(11)14(15)16/h3-6,10,13H,7-9H2,1-2H3/t13-,15+/m1/s1. The highest BCUT2D eigenvalue weighted by Gasteiger charge is 2.62. The number of Topliss-reactive ketones (excluding diaryl/α,β-unsaturated/α-hetero) is 1. The Labute approximate surface area is 102 Å². The molecule has 1 spiro atoms. The van der Waals surface area contributed by atoms with E-state index >= 15 is 0 Å². The summed E-state index contributed by atoms with van der Waals surface area (Å²) in [5.41, 5.74) is 1.60. The fraction of sp³-hybridized carbons (Fsp3) is 0.533. The van der Waals surface area contributed by atoms with Crippen molar-refractivity contribution in [2.75, 3.05) is 0 Å². The van der Waals surface area contributed by atoms with Gasteiger partial charge in [-0.05, 0) is 30.7 Å². The van der Waals surface area contributed by atoms with Gasteiger partial charge in [0.1, 0.15) is 0 Å². The maximum atomic E-state index is 12.5. The van der Waals surface area contributed by atoms with Crippen LogP contribution in [-0.4, -0.2) is 17.5 Å². The lowest BCUT2D eigenvalue weighted by Gasteiger charge is -2.21. The first kappa shape index (κ1) is 11.0. The van der Waals surface area contributed by atoms with Crippen LogP contribution in [0.3, 0.4) is 0 Å². The van der Waals surface area contributed by atoms with Gasteiger partial charge in [0, 0.05) is 5.56 Å². The molecule has 1 heterocycles. The first-order valence-electron chi connectivity index (χ1n) is 6.44. The third kappa shape index (κ3) is 1.62. The van der Waals surface area contributed by atoms with E-state index in [9.17, 15) is 4.79 Å². The van der Waals surface area contributed by atoms with Crippen LogP contribution in [-0.2, 0) is 11.2 Å². The molecule has 0 N–H and O–H groups in total. The smallest absolute Gasteiger partial charge is 0.197 e. The first-order chi connectivity index (χ1) is 8.13. The summed E-state index contributed by atoms with van der Waals surface area (Å²) in [4.78, 5) is 12.5. The highest BCUT2D eigenvalue weighted by atomic mass is 16.6. The number of aryl methyl sites for hydroxylation is 1. The number of benzene rings is 1. The van der Waals surface area contributed by atoms with E-state index in [4.69, 9.17) is 4.74 Å². The van der Waals surface area contributed by atoms with Crippen LogP contribution in [0.1, 0.15) is 42.6 Å². The molecule has 1 aliphatic heterocycles. The molecule has 2 atom stereocenters. The molecular weight excluding hydrogens is 212 g/mol. The summed E-state index contributed by atoms with van der Waals surface area (Å²) in [6, 6.07) is 7.94. The van der Waals surface area contributed by atoms with Crippen molar-refractivity contribution < 1.29 is 9.53 Å². The molecule has 2 heteroatoms. The lowest BCUT2D eigenvalue weighted by atomic mass is 9.79. The van der Waals surface area contributed by atoms with Gasteiger partial charge in [-0.1, -0.05) is 38.1 Å². The Morgan fingerprint density at radius 3 is 2.94 bits per heavy atom. The van der Waals surface area contributed by atoms with Crippen LogP contribution < -0.4 is 0 Å². The van der Waals surface area contributed by atoms with Gasteiger partial charge in [0.25, 0.3) is 0 Å². The maximum Gasteiger partial charge on any atom is 0.197 e. The van der Waals surface area contributed by atoms with E-state index in [2.05, 4.69) is 19.9 Å². The van der Waals surface area contributed by atoms with Crippen molar-refractivity contribution in [3.05, 3.63) is 35.4 Å². The quantitative estimate of drug-likeness (QED) is 0.731. The van der Waals surface area contributed by atoms with Gasteiger partial charge < -0.3 is 4.74 Å². The number of epoxide rings is 1. The highest BCUT2D eigenvalue weighted by molar-refractivity contribution is 6.06. The van der Waals surface area contributed by atoms with E-state index in [1.165, 1.54) is 5.56 Å². The molecule has 0 bridgehead atoms. The Kier molecular flexibility index (Phi) is 2.37. The second-order valence-electron chi connectivity index (χ2n) is 5.61. The summed E-state index contributed by atoms with van der Waals surface area (Å²) in [5.74, 6) is 0.800. The van der Waals surface area contributed by atoms with Crippen molar-refractivity contribution in [2.24, 2.45) is 5.92 Å². The normalized spacial score (nSPS) is 30.8. The van der Waals surface area contributed by atoms with Crippen molar-refractivity contribution in [1.82, 2.24) is 0 Å². The molecule has 1 fully saturated rings. The van der Waals surface area contributed by atoms with Crippen molar-refractivity contribution >= 4 is 5.78 Å². The second kappa shape index (κ2) is 3.67. The molecule has 0 unspecified atom stereocenters. The lowest BCUT2D eigenvalue weighted by molar-refractivity contribution is 0.0850. The number of carbonyl (C=O) groups is 1. The van der Waals surface area contributed by atoms with Crippen molar-refractivity contribution in [2.45, 2.75) is 44.8 Å². The molecule has 0 amide bonds. The zero-order valence-electron chi connectivity index (χ0n) is 10.4. The number of ether oxygens (including phenoxy) is 1. The van der Waals surface area contributed by atoms with Crippen LogP contribution in [0.15, 0.2) is 24.3 Å². The molecule has 0 aromatic heterocycles. The van der Waals surface area contributed by atoms with Crippen LogP contribution in [0.4, 0.5) is 0 Å². The summed E-state index contributed by atoms with van der Waals surface area (Å²) in [6.45, 7) is 4.35. The molecule has 1 aromatic carbocycles. The number of carbonyl (C=O) groups excluding carboxylic acids is 1. The van der Waals surface area contributed by atoms with Crippen LogP contribution >= 0.6 is 0 Å². The summed E-state index contributed by atoms with van der Waals surface area (Å²) in [5, 5.41) is 0. The van der Waals surface area contributed by atoms with E-state index in [0.717, 1.165) is 24.8 Å². The topological polar surface area (TPSA) is 29.6 Å². The fourth-order valence-electron chi connectivity index (χ4n) is 2.93. The van der Waals surface area contributed by atoms with Gasteiger partial charge in [-0.3, -0.25) is 4.79 Å². The van der Waals surface area contributed by atoms with Gasteiger partial charge in [-0.15, -0.1) is 0 Å². The molecule has 1 aromatic rings. The predicted molar refractivity (Wildman–Crippen MR) is 66.2 cm³/mol. The number of rotatable bonds is 2. The van der Waals surface area contributed by atoms with Gasteiger partial charge in [0.15, 0.2) is 11.4 Å². The average Bonchev–Trinajstić information content (AvgIpc) is 2.98. The Hall–Kier alpha value is -1.15. The molecular formula is C15H18O2. The minimum atomic E-state index is -0.460. The minimum absolute atomic E-state index is 0.156. The second-order valence-corrected chi connectivity index (χ2v) is 5.61. The molecule has 17 heavy (non-hydrogen) atoms. The van der Waals surface area contributed by atoms with Crippen LogP contribution in [0.25, 0.3) is 0 Å². The molecule has 0 saturated carbocycles. The third-order valence-corrected chi connectivity index (χ3v) is 3.91. The number of fused-ring (bicyclic) bond motifs is 1. The van der Waals surface area contributed by atoms with E-state index < -0.39 is 5.60 Å². The molecule has 2 aliphatic rings. The predicted octanol–water partition coefficient (Wildman–Crippen LogP) is 3.00. The first-order valence-corrected chi connectivity index (χ1v) is 6.44. The molecule has 90 valence electrons. The van der Waals surface area contributed by atoms with E-state index in [0.29, 0.717) is 5.92 Å². The summed E-state index contributed by atoms with van der Waals surface area (Å²) in [7, 11) is 0. The van der Waals surface area contributed by atoms with Gasteiger partial charge >= 0.3 is 0 Å². The van der Waals surface area contributed by atoms with Crippen molar-refractivity contribution in [1.29, 1.82) is 0 Å². The van der Waals surface area contributed by atoms with E-state index in [-0.39, 0.29) is 11.9 Å². The summed E-state index contributed by atoms with van der Waals surface area (Å²) in [6.07, 6.45) is 2.98. The lowest BCUT2D eigenvalue weighted by Crippen LogP contribution is -2.33. The summed E-state index contributed by atoms with van der Waals surface area (Å²) >= 11 is 0. The van der Waals surface area contributed by atoms with Crippen LogP contribution in [0.5, 0.6) is 0 Å². The molecule has 2 nitrogen and oxygen atoms in total. The SMILES string of the molecule is CC(C)C[C@H]1O[C@@]12CCc1ccccc1C2=O. The van der Waals surface area contributed by atoms with Gasteiger partial charge in [-0.2, -0.15) is 0 Å². The zero-order chi connectivity index (χ0) is 12.0. The minimum Gasteiger partial charge on any atom is -0.357 e. The fourth-order valence-corrected chi connectivity index (χ4v) is 2.93. The van der Waals surface area contributed by atoms with Gasteiger partial charge in [-0.25, -0.2) is 0 Å². The van der Waals surface area contributed by atoms with Crippen molar-refractivity contribution in [3.8, 4) is 0 Å². The monoisotopic (exact) mass is 230 g/mol. The largest absolute Gasteiger partial charge is 0.357 e. The molecule has 3 rings (SSSR count). The number of ketones is 1. The Balaban J connectivity index is 1.87. The molecule has 0 radical (unpaired) electrons. The number of hydrogen-bond donors (Lipinski definition) is 0. The maximum absolute atomic E-state index is 12.5. The molecule has 1 saturated heterocycles. The third-order valence-electron chi connectivity index (χ3n) is 3.91. The Morgan fingerprint density at radius 1 is 1.41 bits per heavy atom. The van der Waals surface area contributed by atoms with Gasteiger partial charge in [0.2, 0.25) is 0 Å². The van der Waals surface area contributed by atoms with Crippen molar-refractivity contribution in [3.63, 3.8) is 0 Å². The molecule has 1 aliphatic carbocycles. The average molecular weight is 230 g/mol. The van der Waals surface area contributed by atoms with E-state index in [1.807, 2.05) is 18.2 Å². The van der Waals surface area contributed by atoms with E-state index in [1.54, 1.807) is 0 Å². The number of hydrogen-bond acceptors (Lipinski definition) is 2. The summed E-state index contributed by atoms with van der Waals surface area (Å²) < 4.78 is 5.78. The highest BCUT2D eigenvalue weighted by Crippen LogP contribution is 2.49. The Morgan fingerprint density at radius 2 is 2.18 bits per heavy atom. The van der Waals surface area contributed by atoms with Gasteiger partial charge in [0.05, 0.1) is 6.10 Å². The Bertz CT molecular complexity index is 464. The zero-order valence-corrected chi connectivity index (χ0v) is 10.4.